The van der Waals surface area contributed by atoms with Crippen molar-refractivity contribution < 1.29 is 0 Å². The summed E-state index contributed by atoms with van der Waals surface area (Å²) in [5, 5.41) is 3.67. The van der Waals surface area contributed by atoms with Crippen molar-refractivity contribution in [3.8, 4) is 0 Å². The number of rotatable bonds is 12. The summed E-state index contributed by atoms with van der Waals surface area (Å²) >= 11 is 0. The second-order valence-corrected chi connectivity index (χ2v) is 9.35. The summed E-state index contributed by atoms with van der Waals surface area (Å²) < 4.78 is 0. The minimum Gasteiger partial charge on any atom is -0.371 e. The second-order valence-electron chi connectivity index (χ2n) is 9.35. The minimum atomic E-state index is 0.884. The molecule has 0 aliphatic carbocycles. The van der Waals surface area contributed by atoms with Gasteiger partial charge >= 0.3 is 0 Å². The van der Waals surface area contributed by atoms with Crippen LogP contribution in [0.5, 0.6) is 0 Å². The van der Waals surface area contributed by atoms with Gasteiger partial charge in [0.1, 0.15) is 5.82 Å². The van der Waals surface area contributed by atoms with Crippen molar-refractivity contribution in [3.05, 3.63) is 113 Å². The molecule has 0 fully saturated rings. The number of aryl methyl sites for hydroxylation is 3. The van der Waals surface area contributed by atoms with E-state index in [-0.39, 0.29) is 0 Å². The van der Waals surface area contributed by atoms with Gasteiger partial charge in [0.05, 0.1) is 0 Å². The van der Waals surface area contributed by atoms with E-state index in [1.54, 1.807) is 0 Å². The molecular weight excluding hydrogens is 438 g/mol. The Morgan fingerprint density at radius 3 is 2.25 bits per heavy atom. The SMILES string of the molecule is C=C/C(C)=C(/C)N(C)/C(=C\C(=C)c1ccccc1C)NCCCN(C)Cc1ccc(C)cc1C.CC. The van der Waals surface area contributed by atoms with E-state index in [2.05, 4.69) is 126 Å². The van der Waals surface area contributed by atoms with Crippen LogP contribution in [0.3, 0.4) is 0 Å². The molecule has 0 aliphatic rings. The van der Waals surface area contributed by atoms with Gasteiger partial charge in [-0.2, -0.15) is 0 Å². The van der Waals surface area contributed by atoms with Crippen LogP contribution >= 0.6 is 0 Å². The van der Waals surface area contributed by atoms with Crippen LogP contribution in [0.15, 0.2) is 84.9 Å². The van der Waals surface area contributed by atoms with Gasteiger partial charge in [0, 0.05) is 25.8 Å². The fraction of sp³-hybridized carbons (Fsp3) is 0.394. The summed E-state index contributed by atoms with van der Waals surface area (Å²) in [5.41, 5.74) is 9.81. The molecule has 0 atom stereocenters. The predicted octanol–water partition coefficient (Wildman–Crippen LogP) is 8.02. The maximum absolute atomic E-state index is 4.36. The summed E-state index contributed by atoms with van der Waals surface area (Å²) in [4.78, 5) is 4.59. The number of hydrogen-bond acceptors (Lipinski definition) is 3. The molecule has 196 valence electrons. The average Bonchev–Trinajstić information content (AvgIpc) is 2.87. The summed E-state index contributed by atoms with van der Waals surface area (Å²) in [7, 11) is 4.29. The molecule has 0 saturated carbocycles. The van der Waals surface area contributed by atoms with Gasteiger partial charge in [0.2, 0.25) is 0 Å². The molecule has 0 radical (unpaired) electrons. The first kappa shape index (κ1) is 31.0. The van der Waals surface area contributed by atoms with Crippen LogP contribution in [0.4, 0.5) is 0 Å². The maximum atomic E-state index is 4.36. The molecular formula is C33H49N3. The van der Waals surface area contributed by atoms with Crippen molar-refractivity contribution in [3.63, 3.8) is 0 Å². The van der Waals surface area contributed by atoms with E-state index in [1.807, 2.05) is 19.9 Å². The minimum absolute atomic E-state index is 0.884. The van der Waals surface area contributed by atoms with Gasteiger partial charge in [-0.05, 0) is 94.1 Å². The Morgan fingerprint density at radius 2 is 1.64 bits per heavy atom. The van der Waals surface area contributed by atoms with Gasteiger partial charge in [-0.25, -0.2) is 0 Å². The third-order valence-electron chi connectivity index (χ3n) is 6.50. The molecule has 36 heavy (non-hydrogen) atoms. The molecule has 2 aromatic carbocycles. The van der Waals surface area contributed by atoms with E-state index < -0.39 is 0 Å². The lowest BCUT2D eigenvalue weighted by molar-refractivity contribution is 0.318. The summed E-state index contributed by atoms with van der Waals surface area (Å²) in [6, 6.07) is 15.1. The van der Waals surface area contributed by atoms with Crippen LogP contribution in [0.25, 0.3) is 5.57 Å². The zero-order valence-electron chi connectivity index (χ0n) is 24.3. The van der Waals surface area contributed by atoms with E-state index in [4.69, 9.17) is 0 Å². The quantitative estimate of drug-likeness (QED) is 0.241. The molecule has 0 aromatic heterocycles. The third kappa shape index (κ3) is 9.54. The first-order valence-corrected chi connectivity index (χ1v) is 13.1. The Labute approximate surface area is 221 Å². The lowest BCUT2D eigenvalue weighted by atomic mass is 10.0. The van der Waals surface area contributed by atoms with Crippen molar-refractivity contribution in [1.82, 2.24) is 15.1 Å². The predicted molar refractivity (Wildman–Crippen MR) is 161 cm³/mol. The number of nitrogens with zero attached hydrogens (tertiary/aromatic N) is 2. The molecule has 1 N–H and O–H groups in total. The molecule has 0 saturated heterocycles. The number of allylic oxidation sites excluding steroid dienone is 5. The van der Waals surface area contributed by atoms with E-state index in [9.17, 15) is 0 Å². The van der Waals surface area contributed by atoms with Crippen molar-refractivity contribution in [1.29, 1.82) is 0 Å². The van der Waals surface area contributed by atoms with Gasteiger partial charge < -0.3 is 15.1 Å². The summed E-state index contributed by atoms with van der Waals surface area (Å²) in [5.74, 6) is 1.05. The van der Waals surface area contributed by atoms with Crippen molar-refractivity contribution in [2.45, 2.75) is 61.4 Å². The fourth-order valence-electron chi connectivity index (χ4n) is 3.99. The van der Waals surface area contributed by atoms with Gasteiger partial charge in [0.15, 0.2) is 0 Å². The highest BCUT2D eigenvalue weighted by atomic mass is 15.2. The largest absolute Gasteiger partial charge is 0.371 e. The lowest BCUT2D eigenvalue weighted by Gasteiger charge is -2.27. The Morgan fingerprint density at radius 1 is 0.972 bits per heavy atom. The highest BCUT2D eigenvalue weighted by Crippen LogP contribution is 2.22. The van der Waals surface area contributed by atoms with Crippen LogP contribution in [0.2, 0.25) is 0 Å². The first-order chi connectivity index (χ1) is 17.1. The molecule has 3 heteroatoms. The van der Waals surface area contributed by atoms with E-state index in [1.165, 1.54) is 33.5 Å². The standard InChI is InChI=1S/C31H43N3.C2H6/c1-10-24(3)28(7)34(9)31(21-27(6)30-15-12-11-14-25(30)4)32-18-13-19-33(8)22-29-17-16-23(2)20-26(29)5;1-2/h10-12,14-17,20-21,32H,1,6,13,18-19,22H2,2-5,7-9H3;1-2H3/b28-24-,31-21-;. The van der Waals surface area contributed by atoms with Gasteiger partial charge in [0.25, 0.3) is 0 Å². The Balaban J connectivity index is 0.00000316. The van der Waals surface area contributed by atoms with Crippen molar-refractivity contribution >= 4 is 5.57 Å². The Hall–Kier alpha value is -3.04. The summed E-state index contributed by atoms with van der Waals surface area (Å²) in [6.07, 6.45) is 5.11. The summed E-state index contributed by atoms with van der Waals surface area (Å²) in [6.45, 7) is 25.9. The highest BCUT2D eigenvalue weighted by molar-refractivity contribution is 5.74. The van der Waals surface area contributed by atoms with Crippen LogP contribution < -0.4 is 5.32 Å². The zero-order chi connectivity index (χ0) is 27.3. The van der Waals surface area contributed by atoms with Crippen LogP contribution in [0.1, 0.15) is 61.9 Å². The second kappa shape index (κ2) is 15.9. The van der Waals surface area contributed by atoms with Crippen molar-refractivity contribution in [2.24, 2.45) is 0 Å². The fourth-order valence-corrected chi connectivity index (χ4v) is 3.99. The molecule has 2 aromatic rings. The Kier molecular flexibility index (Phi) is 13.6. The molecule has 3 nitrogen and oxygen atoms in total. The maximum Gasteiger partial charge on any atom is 0.106 e. The zero-order valence-corrected chi connectivity index (χ0v) is 24.3. The normalized spacial score (nSPS) is 11.9. The first-order valence-electron chi connectivity index (χ1n) is 13.1. The highest BCUT2D eigenvalue weighted by Gasteiger charge is 2.11. The average molecular weight is 488 g/mol. The smallest absolute Gasteiger partial charge is 0.106 e. The van der Waals surface area contributed by atoms with Gasteiger partial charge in [-0.15, -0.1) is 0 Å². The molecule has 2 rings (SSSR count). The molecule has 0 heterocycles. The van der Waals surface area contributed by atoms with Gasteiger partial charge in [-0.1, -0.05) is 81.1 Å². The van der Waals surface area contributed by atoms with Crippen LogP contribution in [-0.4, -0.2) is 37.0 Å². The molecule has 0 amide bonds. The lowest BCUT2D eigenvalue weighted by Crippen LogP contribution is -2.30. The molecule has 0 spiro atoms. The molecule has 0 aliphatic heterocycles. The third-order valence-corrected chi connectivity index (χ3v) is 6.50. The van der Waals surface area contributed by atoms with E-state index >= 15 is 0 Å². The monoisotopic (exact) mass is 487 g/mol. The Bertz CT molecular complexity index is 1060. The topological polar surface area (TPSA) is 18.5 Å². The van der Waals surface area contributed by atoms with E-state index in [0.717, 1.165) is 43.0 Å². The van der Waals surface area contributed by atoms with Crippen LogP contribution in [-0.2, 0) is 6.54 Å². The van der Waals surface area contributed by atoms with Gasteiger partial charge in [-0.3, -0.25) is 0 Å². The van der Waals surface area contributed by atoms with E-state index in [0.29, 0.717) is 0 Å². The number of benzene rings is 2. The van der Waals surface area contributed by atoms with Crippen LogP contribution in [0, 0.1) is 20.8 Å². The molecule has 0 unspecified atom stereocenters. The van der Waals surface area contributed by atoms with Crippen molar-refractivity contribution in [2.75, 3.05) is 27.2 Å². The number of nitrogens with one attached hydrogen (secondary N) is 1. The molecule has 0 bridgehead atoms. The number of hydrogen-bond donors (Lipinski definition) is 1.